The molecule has 0 amide bonds. The Balaban J connectivity index is 0.00000112. The van der Waals surface area contributed by atoms with Gasteiger partial charge in [-0.3, -0.25) is 4.90 Å². The zero-order chi connectivity index (χ0) is 9.97. The molecule has 2 fully saturated rings. The molecule has 0 spiro atoms. The molecular weight excluding hydrogens is 326 g/mol. The second-order valence-corrected chi connectivity index (χ2v) is 4.89. The first-order chi connectivity index (χ1) is 6.75. The van der Waals surface area contributed by atoms with Crippen molar-refractivity contribution in [3.8, 4) is 0 Å². The average Bonchev–Trinajstić information content (AvgIpc) is 2.12. The molecule has 0 saturated carbocycles. The molecule has 0 atom stereocenters. The smallest absolute Gasteiger partial charge is 0.0113 e. The monoisotopic (exact) mass is 351 g/mol. The number of nitrogens with zero attached hydrogens (tertiary/aromatic N) is 3. The summed E-state index contributed by atoms with van der Waals surface area (Å²) in [6.07, 6.45) is 0. The number of hydrogen-bond acceptors (Lipinski definition) is 2. The van der Waals surface area contributed by atoms with Crippen LogP contribution in [0, 0.1) is 55.1 Å². The van der Waals surface area contributed by atoms with E-state index in [0.29, 0.717) is 0 Å². The predicted molar refractivity (Wildman–Crippen MR) is 66.1 cm³/mol. The van der Waals surface area contributed by atoms with E-state index in [0.717, 1.165) is 25.0 Å². The largest absolute Gasteiger partial charge is 0.662 e. The van der Waals surface area contributed by atoms with Crippen LogP contribution in [0.4, 0.5) is 0 Å². The maximum Gasteiger partial charge on any atom is 0.0113 e. The molecule has 0 N–H and O–H groups in total. The van der Waals surface area contributed by atoms with Crippen LogP contribution in [0.5, 0.6) is 0 Å². The summed E-state index contributed by atoms with van der Waals surface area (Å²) in [4.78, 5) is 5.18. The van der Waals surface area contributed by atoms with Crippen molar-refractivity contribution in [1.29, 1.82) is 0 Å². The molecule has 2 heterocycles. The molecule has 2 aliphatic heterocycles. The number of rotatable bonds is 3. The average molecular weight is 351 g/mol. The summed E-state index contributed by atoms with van der Waals surface area (Å²) < 4.78 is 0. The van der Waals surface area contributed by atoms with Crippen molar-refractivity contribution in [2.24, 2.45) is 5.92 Å². The molecule has 0 aromatic heterocycles. The SMILES string of the molecule is CC(C)N1CCN(CC2C[N-]C2)CC1.[CH3-].[Ce]. The van der Waals surface area contributed by atoms with Crippen molar-refractivity contribution in [3.63, 3.8) is 0 Å². The Morgan fingerprint density at radius 2 is 1.69 bits per heavy atom. The zero-order valence-corrected chi connectivity index (χ0v) is 14.1. The van der Waals surface area contributed by atoms with Gasteiger partial charge in [-0.2, -0.15) is 0 Å². The van der Waals surface area contributed by atoms with E-state index in [-0.39, 0.29) is 49.2 Å². The van der Waals surface area contributed by atoms with Gasteiger partial charge >= 0.3 is 0 Å². The molecule has 2 saturated heterocycles. The normalized spacial score (nSPS) is 23.4. The number of hydrogen-bond donors (Lipinski definition) is 0. The molecule has 4 heteroatoms. The van der Waals surface area contributed by atoms with Gasteiger partial charge in [0.15, 0.2) is 0 Å². The van der Waals surface area contributed by atoms with Crippen LogP contribution in [0.1, 0.15) is 13.8 Å². The molecule has 3 nitrogen and oxygen atoms in total. The third kappa shape index (κ3) is 4.86. The van der Waals surface area contributed by atoms with Gasteiger partial charge in [-0.05, 0) is 20.4 Å². The Labute approximate surface area is 135 Å². The second-order valence-electron chi connectivity index (χ2n) is 4.89. The van der Waals surface area contributed by atoms with E-state index in [9.17, 15) is 0 Å². The van der Waals surface area contributed by atoms with Crippen molar-refractivity contribution in [1.82, 2.24) is 9.80 Å². The summed E-state index contributed by atoms with van der Waals surface area (Å²) in [6.45, 7) is 13.1. The first-order valence-corrected chi connectivity index (χ1v) is 5.85. The van der Waals surface area contributed by atoms with Gasteiger partial charge in [0.05, 0.1) is 0 Å². The molecule has 0 aromatic carbocycles. The van der Waals surface area contributed by atoms with Crippen molar-refractivity contribution in [2.75, 3.05) is 45.8 Å². The minimum Gasteiger partial charge on any atom is -0.662 e. The van der Waals surface area contributed by atoms with Crippen LogP contribution in [-0.2, 0) is 0 Å². The summed E-state index contributed by atoms with van der Waals surface area (Å²) in [6, 6.07) is 0.718. The maximum absolute atomic E-state index is 4.27. The van der Waals surface area contributed by atoms with Crippen molar-refractivity contribution >= 4 is 0 Å². The van der Waals surface area contributed by atoms with Gasteiger partial charge < -0.3 is 17.6 Å². The van der Waals surface area contributed by atoms with E-state index in [4.69, 9.17) is 0 Å². The fourth-order valence-electron chi connectivity index (χ4n) is 2.25. The standard InChI is InChI=1S/C11H22N3.CH3.Ce/c1-10(2)14-5-3-13(4-6-14)9-11-7-12-8-11;;/h10-11H,3-9H2,1-2H3;1H3;/q2*-1;. The number of piperazine rings is 1. The molecule has 0 bridgehead atoms. The van der Waals surface area contributed by atoms with Crippen molar-refractivity contribution < 1.29 is 41.7 Å². The Morgan fingerprint density at radius 1 is 1.12 bits per heavy atom. The minimum absolute atomic E-state index is 0. The zero-order valence-electron chi connectivity index (χ0n) is 10.9. The molecule has 0 aromatic rings. The third-order valence-corrected chi connectivity index (χ3v) is 3.43. The summed E-state index contributed by atoms with van der Waals surface area (Å²) in [5.41, 5.74) is 0. The van der Waals surface area contributed by atoms with Gasteiger partial charge in [0, 0.05) is 74.0 Å². The van der Waals surface area contributed by atoms with Gasteiger partial charge in [0.25, 0.3) is 0 Å². The Morgan fingerprint density at radius 3 is 2.06 bits per heavy atom. The van der Waals surface area contributed by atoms with E-state index in [1.165, 1.54) is 32.7 Å². The topological polar surface area (TPSA) is 20.6 Å². The second kappa shape index (κ2) is 8.37. The summed E-state index contributed by atoms with van der Waals surface area (Å²) in [5, 5.41) is 4.27. The van der Waals surface area contributed by atoms with Crippen LogP contribution >= 0.6 is 0 Å². The van der Waals surface area contributed by atoms with E-state index < -0.39 is 0 Å². The fourth-order valence-corrected chi connectivity index (χ4v) is 2.25. The Hall–Kier alpha value is 1.26. The van der Waals surface area contributed by atoms with Crippen LogP contribution < -0.4 is 0 Å². The van der Waals surface area contributed by atoms with Crippen LogP contribution in [0.15, 0.2) is 0 Å². The maximum atomic E-state index is 4.27. The van der Waals surface area contributed by atoms with Gasteiger partial charge in [0.1, 0.15) is 0 Å². The van der Waals surface area contributed by atoms with Crippen molar-refractivity contribution in [3.05, 3.63) is 12.7 Å². The quantitative estimate of drug-likeness (QED) is 0.718. The first kappa shape index (κ1) is 17.3. The molecule has 2 rings (SSSR count). The molecule has 0 unspecified atom stereocenters. The molecule has 16 heavy (non-hydrogen) atoms. The van der Waals surface area contributed by atoms with Gasteiger partial charge in [-0.15, -0.1) is 13.1 Å². The summed E-state index contributed by atoms with van der Waals surface area (Å²) in [5.74, 6) is 0.876. The third-order valence-electron chi connectivity index (χ3n) is 3.43. The van der Waals surface area contributed by atoms with Crippen LogP contribution in [0.3, 0.4) is 0 Å². The minimum atomic E-state index is 0. The van der Waals surface area contributed by atoms with E-state index in [1.807, 2.05) is 0 Å². The molecule has 94 valence electrons. The summed E-state index contributed by atoms with van der Waals surface area (Å²) in [7, 11) is 0. The molecule has 0 radical (unpaired) electrons. The van der Waals surface area contributed by atoms with Crippen molar-refractivity contribution in [2.45, 2.75) is 19.9 Å². The Kier molecular flexibility index (Phi) is 9.03. The Bertz CT molecular complexity index is 175. The van der Waals surface area contributed by atoms with Crippen LogP contribution in [0.2, 0.25) is 0 Å². The fraction of sp³-hybridized carbons (Fsp3) is 0.917. The summed E-state index contributed by atoms with van der Waals surface area (Å²) >= 11 is 0. The predicted octanol–water partition coefficient (Wildman–Crippen LogP) is 1.47. The van der Waals surface area contributed by atoms with Gasteiger partial charge in [0.2, 0.25) is 0 Å². The van der Waals surface area contributed by atoms with E-state index >= 15 is 0 Å². The molecule has 0 aliphatic carbocycles. The molecular formula is C12H25CeN3-2. The van der Waals surface area contributed by atoms with E-state index in [1.54, 1.807) is 0 Å². The van der Waals surface area contributed by atoms with Crippen LogP contribution in [-0.4, -0.2) is 61.7 Å². The van der Waals surface area contributed by atoms with E-state index in [2.05, 4.69) is 29.0 Å². The first-order valence-electron chi connectivity index (χ1n) is 5.85. The molecule has 2 aliphatic rings. The van der Waals surface area contributed by atoms with Gasteiger partial charge in [-0.1, -0.05) is 5.92 Å². The van der Waals surface area contributed by atoms with Gasteiger partial charge in [-0.25, -0.2) is 0 Å². The van der Waals surface area contributed by atoms with Crippen LogP contribution in [0.25, 0.3) is 5.32 Å².